The van der Waals surface area contributed by atoms with E-state index in [2.05, 4.69) is 60.7 Å². The van der Waals surface area contributed by atoms with E-state index in [4.69, 9.17) is 4.74 Å². The molecule has 0 spiro atoms. The Kier molecular flexibility index (Phi) is 5.11. The molecule has 0 saturated carbocycles. The molecule has 2 aliphatic rings. The van der Waals surface area contributed by atoms with Gasteiger partial charge in [0.15, 0.2) is 0 Å². The molecule has 2 saturated heterocycles. The smallest absolute Gasteiger partial charge is 0.315 e. The Labute approximate surface area is 144 Å². The Morgan fingerprint density at radius 2 is 2.04 bits per heavy atom. The zero-order valence-electron chi connectivity index (χ0n) is 14.9. The Morgan fingerprint density at radius 3 is 2.67 bits per heavy atom. The first kappa shape index (κ1) is 17.2. The second-order valence-electron chi connectivity index (χ2n) is 7.86. The molecule has 2 N–H and O–H groups in total. The number of carbonyl (C=O) groups is 1. The van der Waals surface area contributed by atoms with Crippen molar-refractivity contribution in [1.29, 1.82) is 0 Å². The number of likely N-dealkylation sites (N-methyl/N-ethyl adjacent to an activating group) is 1. The Bertz CT molecular complexity index is 561. The maximum atomic E-state index is 12.3. The molecular formula is C19H29N3O2. The number of fused-ring (bicyclic) bond motifs is 2. The molecule has 3 rings (SSSR count). The number of benzene rings is 1. The third kappa shape index (κ3) is 4.48. The second kappa shape index (κ2) is 7.11. The molecular weight excluding hydrogens is 302 g/mol. The standard InChI is InChI=1S/C19H29N3O2/c1-19(2,13-22(3)12-14-7-5-4-6-8-14)21-18(23)20-16-11-15-9-10-17(16)24-15/h4-8,15-17H,9-13H2,1-3H3,(H2,20,21,23)/t15-,16+,17-/m1/s1. The molecule has 1 aromatic rings. The number of amides is 2. The van der Waals surface area contributed by atoms with Crippen molar-refractivity contribution in [3.05, 3.63) is 35.9 Å². The van der Waals surface area contributed by atoms with E-state index >= 15 is 0 Å². The van der Waals surface area contributed by atoms with Crippen LogP contribution >= 0.6 is 0 Å². The van der Waals surface area contributed by atoms with Crippen LogP contribution in [0.1, 0.15) is 38.7 Å². The van der Waals surface area contributed by atoms with Crippen molar-refractivity contribution in [3.63, 3.8) is 0 Å². The van der Waals surface area contributed by atoms with E-state index < -0.39 is 0 Å². The van der Waals surface area contributed by atoms with E-state index in [0.29, 0.717) is 6.10 Å². The minimum Gasteiger partial charge on any atom is -0.373 e. The third-order valence-corrected chi connectivity index (χ3v) is 4.83. The molecule has 2 bridgehead atoms. The van der Waals surface area contributed by atoms with Gasteiger partial charge in [-0.3, -0.25) is 4.90 Å². The summed E-state index contributed by atoms with van der Waals surface area (Å²) in [4.78, 5) is 14.6. The summed E-state index contributed by atoms with van der Waals surface area (Å²) in [6.45, 7) is 5.77. The summed E-state index contributed by atoms with van der Waals surface area (Å²) in [5.41, 5.74) is 0.978. The fourth-order valence-electron chi connectivity index (χ4n) is 3.97. The van der Waals surface area contributed by atoms with Gasteiger partial charge in [-0.05, 0) is 45.7 Å². The van der Waals surface area contributed by atoms with Crippen molar-refractivity contribution in [1.82, 2.24) is 15.5 Å². The zero-order chi connectivity index (χ0) is 17.2. The second-order valence-corrected chi connectivity index (χ2v) is 7.86. The molecule has 2 amide bonds. The summed E-state index contributed by atoms with van der Waals surface area (Å²) in [6.07, 6.45) is 3.72. The number of rotatable bonds is 6. The van der Waals surface area contributed by atoms with Gasteiger partial charge in [-0.1, -0.05) is 30.3 Å². The van der Waals surface area contributed by atoms with Crippen molar-refractivity contribution >= 4 is 6.03 Å². The van der Waals surface area contributed by atoms with Gasteiger partial charge in [0.25, 0.3) is 0 Å². The fraction of sp³-hybridized carbons (Fsp3) is 0.632. The lowest BCUT2D eigenvalue weighted by molar-refractivity contribution is 0.0978. The molecule has 132 valence electrons. The number of hydrogen-bond donors (Lipinski definition) is 2. The van der Waals surface area contributed by atoms with Crippen LogP contribution in [0.5, 0.6) is 0 Å². The van der Waals surface area contributed by atoms with E-state index in [9.17, 15) is 4.79 Å². The van der Waals surface area contributed by atoms with E-state index in [1.165, 1.54) is 5.56 Å². The van der Waals surface area contributed by atoms with Crippen molar-refractivity contribution in [2.24, 2.45) is 0 Å². The molecule has 1 aromatic carbocycles. The molecule has 2 aliphatic heterocycles. The summed E-state index contributed by atoms with van der Waals surface area (Å²) in [5.74, 6) is 0. The van der Waals surface area contributed by atoms with Crippen LogP contribution in [0.15, 0.2) is 30.3 Å². The zero-order valence-corrected chi connectivity index (χ0v) is 14.9. The van der Waals surface area contributed by atoms with Crippen molar-refractivity contribution < 1.29 is 9.53 Å². The molecule has 0 radical (unpaired) electrons. The van der Waals surface area contributed by atoms with Gasteiger partial charge in [-0.25, -0.2) is 4.79 Å². The highest BCUT2D eigenvalue weighted by molar-refractivity contribution is 5.75. The predicted molar refractivity (Wildman–Crippen MR) is 94.8 cm³/mol. The SMILES string of the molecule is CN(Cc1ccccc1)CC(C)(C)NC(=O)N[C@H]1C[C@H]2CC[C@H]1O2. The summed E-state index contributed by atoms with van der Waals surface area (Å²) < 4.78 is 5.80. The molecule has 3 atom stereocenters. The first-order chi connectivity index (χ1) is 11.4. The summed E-state index contributed by atoms with van der Waals surface area (Å²) in [5, 5.41) is 6.21. The average molecular weight is 331 g/mol. The van der Waals surface area contributed by atoms with Crippen LogP contribution in [0.3, 0.4) is 0 Å². The van der Waals surface area contributed by atoms with Crippen LogP contribution in [-0.4, -0.2) is 48.3 Å². The summed E-state index contributed by atoms with van der Waals surface area (Å²) in [7, 11) is 2.08. The van der Waals surface area contributed by atoms with Crippen LogP contribution in [0.2, 0.25) is 0 Å². The normalized spacial score (nSPS) is 25.9. The minimum absolute atomic E-state index is 0.0886. The van der Waals surface area contributed by atoms with Gasteiger partial charge in [-0.15, -0.1) is 0 Å². The lowest BCUT2D eigenvalue weighted by Crippen LogP contribution is -2.56. The lowest BCUT2D eigenvalue weighted by Gasteiger charge is -2.32. The molecule has 2 fully saturated rings. The number of carbonyl (C=O) groups excluding carboxylic acids is 1. The van der Waals surface area contributed by atoms with Gasteiger partial charge in [0.1, 0.15) is 0 Å². The molecule has 5 nitrogen and oxygen atoms in total. The number of nitrogens with one attached hydrogen (secondary N) is 2. The first-order valence-electron chi connectivity index (χ1n) is 8.88. The molecule has 5 heteroatoms. The van der Waals surface area contributed by atoms with Crippen LogP contribution in [0, 0.1) is 0 Å². The topological polar surface area (TPSA) is 53.6 Å². The molecule has 2 heterocycles. The van der Waals surface area contributed by atoms with Gasteiger partial charge in [0, 0.05) is 18.6 Å². The van der Waals surface area contributed by atoms with E-state index in [1.54, 1.807) is 0 Å². The Balaban J connectivity index is 1.45. The molecule has 24 heavy (non-hydrogen) atoms. The van der Waals surface area contributed by atoms with E-state index in [-0.39, 0.29) is 23.7 Å². The van der Waals surface area contributed by atoms with Crippen LogP contribution in [0.4, 0.5) is 4.79 Å². The fourth-order valence-corrected chi connectivity index (χ4v) is 3.97. The maximum Gasteiger partial charge on any atom is 0.315 e. The van der Waals surface area contributed by atoms with Gasteiger partial charge in [0.2, 0.25) is 0 Å². The Hall–Kier alpha value is -1.59. The quantitative estimate of drug-likeness (QED) is 0.842. The third-order valence-electron chi connectivity index (χ3n) is 4.83. The minimum atomic E-state index is -0.300. The van der Waals surface area contributed by atoms with Gasteiger partial charge in [-0.2, -0.15) is 0 Å². The maximum absolute atomic E-state index is 12.3. The van der Waals surface area contributed by atoms with Crippen molar-refractivity contribution in [2.45, 2.75) is 63.4 Å². The van der Waals surface area contributed by atoms with Crippen molar-refractivity contribution in [3.8, 4) is 0 Å². The largest absolute Gasteiger partial charge is 0.373 e. The van der Waals surface area contributed by atoms with Crippen molar-refractivity contribution in [2.75, 3.05) is 13.6 Å². The monoisotopic (exact) mass is 331 g/mol. The predicted octanol–water partition coefficient (Wildman–Crippen LogP) is 2.52. The van der Waals surface area contributed by atoms with Gasteiger partial charge in [0.05, 0.1) is 18.2 Å². The van der Waals surface area contributed by atoms with Gasteiger partial charge >= 0.3 is 6.03 Å². The van der Waals surface area contributed by atoms with E-state index in [0.717, 1.165) is 32.4 Å². The first-order valence-corrected chi connectivity index (χ1v) is 8.88. The summed E-state index contributed by atoms with van der Waals surface area (Å²) in [6, 6.07) is 10.5. The number of hydrogen-bond acceptors (Lipinski definition) is 3. The van der Waals surface area contributed by atoms with Crippen LogP contribution in [0.25, 0.3) is 0 Å². The number of urea groups is 1. The molecule has 0 aliphatic carbocycles. The lowest BCUT2D eigenvalue weighted by atomic mass is 9.95. The summed E-state index contributed by atoms with van der Waals surface area (Å²) >= 11 is 0. The highest BCUT2D eigenvalue weighted by Crippen LogP contribution is 2.34. The van der Waals surface area contributed by atoms with Crippen LogP contribution in [-0.2, 0) is 11.3 Å². The highest BCUT2D eigenvalue weighted by Gasteiger charge is 2.41. The highest BCUT2D eigenvalue weighted by atomic mass is 16.5. The van der Waals surface area contributed by atoms with E-state index in [1.807, 2.05) is 6.07 Å². The Morgan fingerprint density at radius 1 is 1.29 bits per heavy atom. The molecule has 0 aromatic heterocycles. The van der Waals surface area contributed by atoms with Gasteiger partial charge < -0.3 is 15.4 Å². The number of nitrogens with zero attached hydrogens (tertiary/aromatic N) is 1. The number of ether oxygens (including phenoxy) is 1. The average Bonchev–Trinajstić information content (AvgIpc) is 3.09. The molecule has 0 unspecified atom stereocenters. The van der Waals surface area contributed by atoms with Crippen LogP contribution < -0.4 is 10.6 Å².